The summed E-state index contributed by atoms with van der Waals surface area (Å²) < 4.78 is 30.4. The molecule has 0 aliphatic heterocycles. The molecule has 3 aromatic carbocycles. The monoisotopic (exact) mass is 1390 g/mol. The molecule has 0 fully saturated rings. The van der Waals surface area contributed by atoms with Crippen LogP contribution in [0.5, 0.6) is 28.7 Å². The standard InChI is InChI=1S/C72H110N10O17/c1-6-11-16-21-26-33-40-95-57-39-32-31-38-52(57)68(90)78-73-62(83)49-63(84)74-79-69(91)53-45-54(59(97-42-35-28-23-18-13-8-3)47-58(53)96-41-34-27-22-17-12-7-2)70(92)80-75-64(85)50-65(86)76-81-71(93)55-46-56(72(94)82-77-66(87)51-67(88)89)61(99-44-37-30-25-20-15-10-5)48-60(55)98-43-36-29-24-19-14-9-4/h31-32,38-39,45-48H,6-30,33-37,40-44,49-51H2,1-5H3,(H,73,83)(H,74,84)(H,75,85)(H,76,86)(H,77,87)(H,78,90)(H,79,91)(H,80,92)(H,81,93)(H,82,94)(H,88,89). The number of hydrogen-bond donors (Lipinski definition) is 11. The molecule has 10 amide bonds. The van der Waals surface area contributed by atoms with E-state index in [2.05, 4.69) is 83.5 Å². The zero-order valence-electron chi connectivity index (χ0n) is 59.0. The Morgan fingerprint density at radius 2 is 0.485 bits per heavy atom. The first kappa shape index (κ1) is 84.1. The van der Waals surface area contributed by atoms with Crippen LogP contribution in [0.25, 0.3) is 0 Å². The molecule has 11 N–H and O–H groups in total. The van der Waals surface area contributed by atoms with Gasteiger partial charge < -0.3 is 28.8 Å². The van der Waals surface area contributed by atoms with Crippen molar-refractivity contribution in [1.29, 1.82) is 0 Å². The molecule has 0 aliphatic carbocycles. The van der Waals surface area contributed by atoms with E-state index in [1.807, 2.05) is 5.43 Å². The molecular weight excluding hydrogens is 1280 g/mol. The highest BCUT2D eigenvalue weighted by molar-refractivity contribution is 6.07. The smallest absolute Gasteiger partial charge is 0.312 e. The highest BCUT2D eigenvalue weighted by Crippen LogP contribution is 2.32. The van der Waals surface area contributed by atoms with Gasteiger partial charge >= 0.3 is 5.97 Å². The van der Waals surface area contributed by atoms with Crippen LogP contribution in [0.1, 0.15) is 298 Å². The Morgan fingerprint density at radius 3 is 0.747 bits per heavy atom. The predicted octanol–water partition coefficient (Wildman–Crippen LogP) is 10.8. The Bertz CT molecular complexity index is 3000. The largest absolute Gasteiger partial charge is 0.493 e. The highest BCUT2D eigenvalue weighted by Gasteiger charge is 2.26. The minimum atomic E-state index is -1.44. The first-order chi connectivity index (χ1) is 48.0. The van der Waals surface area contributed by atoms with Crippen molar-refractivity contribution in [3.63, 3.8) is 0 Å². The van der Waals surface area contributed by atoms with E-state index in [1.54, 1.807) is 18.2 Å². The first-order valence-electron chi connectivity index (χ1n) is 35.7. The Kier molecular flexibility index (Phi) is 44.1. The van der Waals surface area contributed by atoms with Crippen LogP contribution in [0.2, 0.25) is 0 Å². The summed E-state index contributed by atoms with van der Waals surface area (Å²) in [7, 11) is 0. The molecule has 0 aliphatic rings. The Balaban J connectivity index is 1.84. The first-order valence-corrected chi connectivity index (χ1v) is 35.7. The molecule has 99 heavy (non-hydrogen) atoms. The van der Waals surface area contributed by atoms with Crippen molar-refractivity contribution >= 4 is 65.0 Å². The lowest BCUT2D eigenvalue weighted by Crippen LogP contribution is -2.47. The van der Waals surface area contributed by atoms with Gasteiger partial charge in [-0.2, -0.15) is 0 Å². The average molecular weight is 1390 g/mol. The average Bonchev–Trinajstić information content (AvgIpc) is 0.823. The summed E-state index contributed by atoms with van der Waals surface area (Å²) >= 11 is 0. The number of carboxylic acids is 1. The second kappa shape index (κ2) is 52.0. The number of hydrazine groups is 5. The van der Waals surface area contributed by atoms with Gasteiger partial charge in [-0.3, -0.25) is 107 Å². The van der Waals surface area contributed by atoms with E-state index in [9.17, 15) is 52.7 Å². The summed E-state index contributed by atoms with van der Waals surface area (Å²) in [6, 6.07) is 11.5. The van der Waals surface area contributed by atoms with Gasteiger partial charge in [-0.1, -0.05) is 207 Å². The van der Waals surface area contributed by atoms with Gasteiger partial charge in [-0.15, -0.1) is 0 Å². The van der Waals surface area contributed by atoms with Crippen molar-refractivity contribution in [2.45, 2.75) is 247 Å². The SMILES string of the molecule is CCCCCCCCOc1cc(OCCCCCCCC)c(C(=O)NNC(=O)CC(=O)NNC(=O)c2cc(C(=O)NNC(=O)CC(=O)NNC(=O)c3ccccc3OCCCCCCCC)c(OCCCCCCCC)cc2OCCCCCCCC)cc1C(=O)NNC(=O)CC(=O)O. The number of benzene rings is 3. The molecule has 0 bridgehead atoms. The number of ether oxygens (including phenoxy) is 5. The van der Waals surface area contributed by atoms with Crippen molar-refractivity contribution in [3.8, 4) is 28.7 Å². The van der Waals surface area contributed by atoms with E-state index in [4.69, 9.17) is 28.8 Å². The van der Waals surface area contributed by atoms with Crippen LogP contribution in [0.4, 0.5) is 0 Å². The zero-order valence-corrected chi connectivity index (χ0v) is 59.0. The minimum absolute atomic E-state index is 0.00955. The molecule has 0 aromatic heterocycles. The number of rotatable bonds is 51. The second-order valence-corrected chi connectivity index (χ2v) is 24.2. The Morgan fingerprint density at radius 1 is 0.263 bits per heavy atom. The number of carbonyl (C=O) groups is 11. The lowest BCUT2D eigenvalue weighted by Gasteiger charge is -2.18. The van der Waals surface area contributed by atoms with Gasteiger partial charge in [-0.25, -0.2) is 0 Å². The summed E-state index contributed by atoms with van der Waals surface area (Å²) in [6.07, 6.45) is 25.8. The quantitative estimate of drug-likeness (QED) is 0.0142. The number of carboxylic acid groups (broad SMARTS) is 1. The molecule has 0 saturated carbocycles. The number of amides is 10. The number of nitrogens with one attached hydrogen (secondary N) is 10. The third kappa shape index (κ3) is 36.3. The molecule has 0 unspecified atom stereocenters. The van der Waals surface area contributed by atoms with E-state index in [1.165, 1.54) is 24.6 Å². The summed E-state index contributed by atoms with van der Waals surface area (Å²) in [5.41, 5.74) is 21.0. The van der Waals surface area contributed by atoms with Crippen molar-refractivity contribution < 1.29 is 81.5 Å². The highest BCUT2D eigenvalue weighted by atomic mass is 16.5. The second-order valence-electron chi connectivity index (χ2n) is 24.2. The molecule has 0 atom stereocenters. The molecule has 27 heteroatoms. The molecule has 3 rings (SSSR count). The van der Waals surface area contributed by atoms with Crippen LogP contribution < -0.4 is 77.9 Å². The molecule has 0 heterocycles. The third-order valence-electron chi connectivity index (χ3n) is 15.6. The molecule has 0 radical (unpaired) electrons. The fraction of sp³-hybridized carbons (Fsp3) is 0.597. The lowest BCUT2D eigenvalue weighted by molar-refractivity contribution is -0.141. The molecule has 3 aromatic rings. The maximum Gasteiger partial charge on any atom is 0.312 e. The summed E-state index contributed by atoms with van der Waals surface area (Å²) in [5, 5.41) is 9.08. The van der Waals surface area contributed by atoms with Gasteiger partial charge in [0, 0.05) is 12.1 Å². The van der Waals surface area contributed by atoms with E-state index in [0.717, 1.165) is 173 Å². The molecule has 550 valence electrons. The van der Waals surface area contributed by atoms with Crippen molar-refractivity contribution in [1.82, 2.24) is 54.3 Å². The van der Waals surface area contributed by atoms with E-state index >= 15 is 0 Å². The fourth-order valence-corrected chi connectivity index (χ4v) is 10.0. The van der Waals surface area contributed by atoms with E-state index in [-0.39, 0.29) is 77.2 Å². The maximum atomic E-state index is 14.2. The lowest BCUT2D eigenvalue weighted by atomic mass is 10.1. The number of hydrogen-bond acceptors (Lipinski definition) is 16. The van der Waals surface area contributed by atoms with Crippen LogP contribution in [0, 0.1) is 0 Å². The van der Waals surface area contributed by atoms with Gasteiger partial charge in [0.25, 0.3) is 29.5 Å². The predicted molar refractivity (Wildman–Crippen MR) is 373 cm³/mol. The van der Waals surface area contributed by atoms with Gasteiger partial charge in [0.2, 0.25) is 29.5 Å². The van der Waals surface area contributed by atoms with Crippen LogP contribution >= 0.6 is 0 Å². The molecule has 27 nitrogen and oxygen atoms in total. The topological polar surface area (TPSA) is 374 Å². The van der Waals surface area contributed by atoms with Crippen LogP contribution in [-0.2, 0) is 28.8 Å². The molecule has 0 spiro atoms. The van der Waals surface area contributed by atoms with E-state index < -0.39 is 84.3 Å². The normalized spacial score (nSPS) is 10.7. The van der Waals surface area contributed by atoms with Crippen molar-refractivity contribution in [3.05, 3.63) is 76.3 Å². The van der Waals surface area contributed by atoms with Crippen LogP contribution in [0.3, 0.4) is 0 Å². The number of para-hydroxylation sites is 1. The molecule has 0 saturated heterocycles. The fourth-order valence-electron chi connectivity index (χ4n) is 10.0. The zero-order chi connectivity index (χ0) is 72.3. The third-order valence-corrected chi connectivity index (χ3v) is 15.6. The number of unbranched alkanes of at least 4 members (excludes halogenated alkanes) is 25. The van der Waals surface area contributed by atoms with Gasteiger partial charge in [0.05, 0.1) is 60.9 Å². The van der Waals surface area contributed by atoms with Gasteiger partial charge in [0.1, 0.15) is 48.0 Å². The van der Waals surface area contributed by atoms with E-state index in [0.29, 0.717) is 38.0 Å². The summed E-state index contributed by atoms with van der Waals surface area (Å²) in [6.45, 7) is 11.6. The maximum absolute atomic E-state index is 14.2. The molecular formula is C72H110N10O17. The van der Waals surface area contributed by atoms with Gasteiger partial charge in [0.15, 0.2) is 0 Å². The summed E-state index contributed by atoms with van der Waals surface area (Å²) in [5.74, 6) is -10.9. The van der Waals surface area contributed by atoms with Crippen molar-refractivity contribution in [2.75, 3.05) is 33.0 Å². The summed E-state index contributed by atoms with van der Waals surface area (Å²) in [4.78, 5) is 145. The van der Waals surface area contributed by atoms with Crippen LogP contribution in [-0.4, -0.2) is 103 Å². The van der Waals surface area contributed by atoms with Crippen LogP contribution in [0.15, 0.2) is 48.5 Å². The van der Waals surface area contributed by atoms with Crippen molar-refractivity contribution in [2.24, 2.45) is 0 Å². The number of carbonyl (C=O) groups excluding carboxylic acids is 10. The minimum Gasteiger partial charge on any atom is -0.493 e. The van der Waals surface area contributed by atoms with Gasteiger partial charge in [-0.05, 0) is 56.4 Å². The Labute approximate surface area is 583 Å². The Hall–Kier alpha value is -9.17. The number of aliphatic carboxylic acids is 1.